The first-order chi connectivity index (χ1) is 10.2. The summed E-state index contributed by atoms with van der Waals surface area (Å²) in [4.78, 5) is 21.6. The second-order valence-corrected chi connectivity index (χ2v) is 6.30. The molecule has 1 aromatic carbocycles. The zero-order valence-electron chi connectivity index (χ0n) is 11.8. The Morgan fingerprint density at radius 2 is 2.19 bits per heavy atom. The summed E-state index contributed by atoms with van der Waals surface area (Å²) in [5.74, 6) is 2.92. The zero-order chi connectivity index (χ0) is 14.7. The molecule has 0 amide bonds. The third kappa shape index (κ3) is 3.48. The largest absolute Gasteiger partial charge is 0.399 e. The first-order valence-corrected chi connectivity index (χ1v) is 8.21. The van der Waals surface area contributed by atoms with Crippen LogP contribution in [0.25, 0.3) is 10.9 Å². The molecule has 0 atom stereocenters. The fourth-order valence-corrected chi connectivity index (χ4v) is 3.38. The van der Waals surface area contributed by atoms with Crippen LogP contribution >= 0.6 is 11.8 Å². The second-order valence-electron chi connectivity index (χ2n) is 5.07. The van der Waals surface area contributed by atoms with Gasteiger partial charge in [-0.25, -0.2) is 4.98 Å². The molecule has 0 radical (unpaired) electrons. The van der Waals surface area contributed by atoms with Gasteiger partial charge in [-0.15, -0.1) is 0 Å². The Hall–Kier alpha value is -1.73. The van der Waals surface area contributed by atoms with Crippen molar-refractivity contribution in [3.05, 3.63) is 28.6 Å². The van der Waals surface area contributed by atoms with E-state index in [1.807, 2.05) is 11.8 Å². The van der Waals surface area contributed by atoms with Crippen LogP contribution in [0.3, 0.4) is 0 Å². The van der Waals surface area contributed by atoms with Crippen LogP contribution in [0.1, 0.15) is 0 Å². The number of benzene rings is 1. The van der Waals surface area contributed by atoms with Gasteiger partial charge in [-0.3, -0.25) is 14.7 Å². The molecule has 0 unspecified atom stereocenters. The summed E-state index contributed by atoms with van der Waals surface area (Å²) in [6.07, 6.45) is 0. The van der Waals surface area contributed by atoms with Gasteiger partial charge in [0.1, 0.15) is 0 Å². The van der Waals surface area contributed by atoms with Crippen molar-refractivity contribution in [2.75, 3.05) is 48.7 Å². The topological polar surface area (TPSA) is 87.0 Å². The molecule has 3 rings (SSSR count). The molecule has 1 aliphatic rings. The lowest BCUT2D eigenvalue weighted by atomic mass is 10.2. The maximum atomic E-state index is 12.0. The van der Waals surface area contributed by atoms with E-state index in [0.717, 1.165) is 26.2 Å². The van der Waals surface area contributed by atoms with Gasteiger partial charge in [-0.2, -0.15) is 11.8 Å². The third-order valence-corrected chi connectivity index (χ3v) is 4.50. The molecule has 7 heteroatoms. The van der Waals surface area contributed by atoms with Gasteiger partial charge in [-0.05, 0) is 18.2 Å². The number of aromatic nitrogens is 2. The Morgan fingerprint density at radius 3 is 3.00 bits per heavy atom. The number of hydrogen-bond acceptors (Lipinski definition) is 6. The maximum Gasteiger partial charge on any atom is 0.260 e. The van der Waals surface area contributed by atoms with Gasteiger partial charge in [0.25, 0.3) is 5.56 Å². The Morgan fingerprint density at radius 1 is 1.38 bits per heavy atom. The van der Waals surface area contributed by atoms with Crippen LogP contribution in [0, 0.1) is 0 Å². The smallest absolute Gasteiger partial charge is 0.260 e. The van der Waals surface area contributed by atoms with Crippen LogP contribution < -0.4 is 16.6 Å². The minimum absolute atomic E-state index is 0.163. The Bertz CT molecular complexity index is 681. The molecule has 6 nitrogen and oxygen atoms in total. The summed E-state index contributed by atoms with van der Waals surface area (Å²) in [6.45, 7) is 4.00. The average molecular weight is 305 g/mol. The number of anilines is 2. The summed E-state index contributed by atoms with van der Waals surface area (Å²) in [7, 11) is 0. The van der Waals surface area contributed by atoms with Crippen molar-refractivity contribution in [3.63, 3.8) is 0 Å². The van der Waals surface area contributed by atoms with E-state index in [-0.39, 0.29) is 5.56 Å². The van der Waals surface area contributed by atoms with E-state index in [2.05, 4.69) is 20.2 Å². The van der Waals surface area contributed by atoms with E-state index in [1.165, 1.54) is 11.5 Å². The van der Waals surface area contributed by atoms with E-state index in [9.17, 15) is 4.79 Å². The second kappa shape index (κ2) is 6.36. The number of nitrogens with one attached hydrogen (secondary N) is 2. The molecular weight excluding hydrogens is 286 g/mol. The van der Waals surface area contributed by atoms with Gasteiger partial charge < -0.3 is 11.1 Å². The molecule has 1 fully saturated rings. The van der Waals surface area contributed by atoms with Crippen molar-refractivity contribution < 1.29 is 0 Å². The van der Waals surface area contributed by atoms with Crippen molar-refractivity contribution in [2.24, 2.45) is 0 Å². The van der Waals surface area contributed by atoms with Crippen molar-refractivity contribution in [1.82, 2.24) is 14.9 Å². The van der Waals surface area contributed by atoms with E-state index in [4.69, 9.17) is 5.73 Å². The number of thioether (sulfide) groups is 1. The lowest BCUT2D eigenvalue weighted by molar-refractivity contribution is 0.314. The van der Waals surface area contributed by atoms with Gasteiger partial charge >= 0.3 is 0 Å². The Labute approximate surface area is 127 Å². The predicted molar refractivity (Wildman–Crippen MR) is 89.0 cm³/mol. The quantitative estimate of drug-likeness (QED) is 0.730. The lowest BCUT2D eigenvalue weighted by Gasteiger charge is -2.26. The van der Waals surface area contributed by atoms with Gasteiger partial charge in [0, 0.05) is 43.4 Å². The molecule has 4 N–H and O–H groups in total. The molecule has 1 aromatic heterocycles. The van der Waals surface area contributed by atoms with Gasteiger partial charge in [0.2, 0.25) is 5.95 Å². The maximum absolute atomic E-state index is 12.0. The number of nitrogens with two attached hydrogens (primary N) is 1. The van der Waals surface area contributed by atoms with E-state index >= 15 is 0 Å². The number of fused-ring (bicyclic) bond motifs is 1. The normalized spacial score (nSPS) is 16.2. The van der Waals surface area contributed by atoms with Gasteiger partial charge in [-0.1, -0.05) is 0 Å². The summed E-state index contributed by atoms with van der Waals surface area (Å²) in [6, 6.07) is 5.17. The number of nitrogen functional groups attached to an aromatic ring is 1. The molecule has 112 valence electrons. The van der Waals surface area contributed by atoms with Crippen molar-refractivity contribution >= 4 is 34.3 Å². The fraction of sp³-hybridized carbons (Fsp3) is 0.429. The standard InChI is InChI=1S/C14H19N5OS/c15-10-1-2-12-11(9-10)13(20)18-14(17-12)16-3-4-19-5-7-21-8-6-19/h1-2,9H,3-8,15H2,(H2,16,17,18,20). The molecule has 0 aliphatic carbocycles. The predicted octanol–water partition coefficient (Wildman–Crippen LogP) is 0.966. The highest BCUT2D eigenvalue weighted by Crippen LogP contribution is 2.13. The van der Waals surface area contributed by atoms with Crippen molar-refractivity contribution in [1.29, 1.82) is 0 Å². The minimum atomic E-state index is -0.163. The highest BCUT2D eigenvalue weighted by molar-refractivity contribution is 7.99. The molecule has 1 saturated heterocycles. The third-order valence-electron chi connectivity index (χ3n) is 3.55. The van der Waals surface area contributed by atoms with Crippen LogP contribution in [-0.4, -0.2) is 52.6 Å². The molecule has 21 heavy (non-hydrogen) atoms. The van der Waals surface area contributed by atoms with E-state index in [0.29, 0.717) is 22.5 Å². The molecule has 2 heterocycles. The molecule has 0 spiro atoms. The number of aromatic amines is 1. The fourth-order valence-electron chi connectivity index (χ4n) is 2.40. The Kier molecular flexibility index (Phi) is 4.31. The highest BCUT2D eigenvalue weighted by atomic mass is 32.2. The number of H-pyrrole nitrogens is 1. The first kappa shape index (κ1) is 14.2. The summed E-state index contributed by atoms with van der Waals surface area (Å²) < 4.78 is 0. The number of hydrogen-bond donors (Lipinski definition) is 3. The summed E-state index contributed by atoms with van der Waals surface area (Å²) in [5, 5.41) is 3.72. The average Bonchev–Trinajstić information content (AvgIpc) is 2.49. The zero-order valence-corrected chi connectivity index (χ0v) is 12.6. The van der Waals surface area contributed by atoms with Crippen LogP contribution in [0.2, 0.25) is 0 Å². The van der Waals surface area contributed by atoms with Crippen LogP contribution in [0.15, 0.2) is 23.0 Å². The highest BCUT2D eigenvalue weighted by Gasteiger charge is 2.10. The summed E-state index contributed by atoms with van der Waals surface area (Å²) in [5.41, 5.74) is 6.75. The molecule has 0 bridgehead atoms. The van der Waals surface area contributed by atoms with Crippen LogP contribution in [0.5, 0.6) is 0 Å². The molecule has 1 aliphatic heterocycles. The van der Waals surface area contributed by atoms with Crippen molar-refractivity contribution in [2.45, 2.75) is 0 Å². The lowest BCUT2D eigenvalue weighted by Crippen LogP contribution is -2.36. The number of rotatable bonds is 4. The van der Waals surface area contributed by atoms with Crippen LogP contribution in [-0.2, 0) is 0 Å². The van der Waals surface area contributed by atoms with E-state index in [1.54, 1.807) is 18.2 Å². The minimum Gasteiger partial charge on any atom is -0.399 e. The first-order valence-electron chi connectivity index (χ1n) is 7.06. The van der Waals surface area contributed by atoms with Crippen molar-refractivity contribution in [3.8, 4) is 0 Å². The van der Waals surface area contributed by atoms with E-state index < -0.39 is 0 Å². The molecule has 0 saturated carbocycles. The molecular formula is C14H19N5OS. The number of nitrogens with zero attached hydrogens (tertiary/aromatic N) is 2. The SMILES string of the molecule is Nc1ccc2nc(NCCN3CCSCC3)[nH]c(=O)c2c1. The van der Waals surface area contributed by atoms with Gasteiger partial charge in [0.05, 0.1) is 10.9 Å². The molecule has 2 aromatic rings. The Balaban J connectivity index is 1.67. The summed E-state index contributed by atoms with van der Waals surface area (Å²) >= 11 is 2.00. The monoisotopic (exact) mass is 305 g/mol. The van der Waals surface area contributed by atoms with Crippen LogP contribution in [0.4, 0.5) is 11.6 Å². The van der Waals surface area contributed by atoms with Gasteiger partial charge in [0.15, 0.2) is 0 Å².